The van der Waals surface area contributed by atoms with Crippen molar-refractivity contribution in [3.8, 4) is 0 Å². The van der Waals surface area contributed by atoms with Crippen molar-refractivity contribution in [1.29, 1.82) is 0 Å². The van der Waals surface area contributed by atoms with Gasteiger partial charge in [0.15, 0.2) is 18.9 Å². The first-order chi connectivity index (χ1) is 58.7. The summed E-state index contributed by atoms with van der Waals surface area (Å²) in [6.45, 7) is 1.31. The summed E-state index contributed by atoms with van der Waals surface area (Å²) < 4.78 is 108. The highest BCUT2D eigenvalue weighted by molar-refractivity contribution is 8.06. The van der Waals surface area contributed by atoms with Gasteiger partial charge in [-0.05, 0) is 43.9 Å². The zero-order valence-electron chi connectivity index (χ0n) is 69.8. The Hall–Kier alpha value is -5.12. The highest BCUT2D eigenvalue weighted by atomic mass is 32.5. The summed E-state index contributed by atoms with van der Waals surface area (Å²) in [5, 5.41) is 118. The summed E-state index contributed by atoms with van der Waals surface area (Å²) in [6, 6.07) is -3.25. The molecule has 0 radical (unpaired) electrons. The summed E-state index contributed by atoms with van der Waals surface area (Å²) in [4.78, 5) is 107. The third-order valence-electron chi connectivity index (χ3n) is 18.1. The fourth-order valence-electron chi connectivity index (χ4n) is 12.0. The first-order valence-electron chi connectivity index (χ1n) is 40.9. The Morgan fingerprint density at radius 3 is 1.06 bits per heavy atom. The number of rotatable bonds is 73. The van der Waals surface area contributed by atoms with Crippen molar-refractivity contribution < 1.29 is 179 Å². The fourth-order valence-corrected chi connectivity index (χ4v) is 12.6. The number of ether oxygens (including phenoxy) is 18. The van der Waals surface area contributed by atoms with Crippen LogP contribution in [0, 0.1) is 0 Å². The number of carbonyl (C=O) groups excluding carboxylic acids is 7. The number of hydrogen-bond acceptors (Lipinski definition) is 38. The molecule has 1 aromatic heterocycles. The van der Waals surface area contributed by atoms with E-state index in [-0.39, 0.29) is 248 Å². The summed E-state index contributed by atoms with van der Waals surface area (Å²) in [5.74, 6) is -2.96. The maximum Gasteiger partial charge on any atom is 0.321 e. The van der Waals surface area contributed by atoms with Gasteiger partial charge in [-0.3, -0.25) is 38.2 Å². The van der Waals surface area contributed by atoms with E-state index in [1.807, 2.05) is 6.20 Å². The highest BCUT2D eigenvalue weighted by Crippen LogP contribution is 2.36. The van der Waals surface area contributed by atoms with Gasteiger partial charge in [0.1, 0.15) is 78.6 Å². The van der Waals surface area contributed by atoms with Crippen molar-refractivity contribution in [2.45, 2.75) is 189 Å². The molecule has 3 saturated heterocycles. The minimum atomic E-state index is -3.73. The first kappa shape index (κ1) is 109. The van der Waals surface area contributed by atoms with Crippen LogP contribution in [0.1, 0.15) is 84.3 Å². The number of nitrogens with one attached hydrogen (secondary N) is 7. The van der Waals surface area contributed by atoms with E-state index in [0.717, 1.165) is 5.69 Å². The zero-order chi connectivity index (χ0) is 89.2. The Labute approximate surface area is 713 Å². The molecule has 4 rings (SSSR count). The highest BCUT2D eigenvalue weighted by Gasteiger charge is 2.48. The van der Waals surface area contributed by atoms with E-state index >= 15 is 0 Å². The fraction of sp³-hybridized carbons (Fsp3) is 0.877. The molecular weight excluding hydrogens is 1670 g/mol. The molecule has 3 aliphatic heterocycles. The molecule has 0 aliphatic carbocycles. The van der Waals surface area contributed by atoms with Gasteiger partial charge in [0.05, 0.1) is 211 Å². The van der Waals surface area contributed by atoms with Gasteiger partial charge in [0.25, 0.3) is 0 Å². The average Bonchev–Trinajstić information content (AvgIpc) is 0.932. The summed E-state index contributed by atoms with van der Waals surface area (Å²) in [7, 11) is 0. The van der Waals surface area contributed by atoms with Crippen molar-refractivity contribution in [1.82, 2.24) is 52.2 Å². The molecule has 0 saturated carbocycles. The molecule has 49 heteroatoms. The topological polar surface area (TPSA) is 632 Å². The molecule has 18 N–H and O–H groups in total. The molecule has 3 aliphatic rings. The molecule has 15 atom stereocenters. The Bertz CT molecular complexity index is 2810. The number of carbonyl (C=O) groups is 7. The van der Waals surface area contributed by atoms with E-state index in [1.54, 1.807) is 4.68 Å². The normalized spacial score (nSPS) is 23.5. The Balaban J connectivity index is 1.25. The lowest BCUT2D eigenvalue weighted by atomic mass is 9.97. The minimum Gasteiger partial charge on any atom is -0.394 e. The molecular formula is C73H133N10O37PS. The second-order valence-corrected chi connectivity index (χ2v) is 30.9. The number of aryl methyl sites for hydroxylation is 2. The van der Waals surface area contributed by atoms with Crippen LogP contribution in [0.15, 0.2) is 6.20 Å². The number of hydrogen-bond donors (Lipinski definition) is 18. The predicted octanol–water partition coefficient (Wildman–Crippen LogP) is -8.16. The second-order valence-electron chi connectivity index (χ2n) is 28.3. The number of unbranched alkanes of at least 4 members (excludes halogenated alkanes) is 3. The van der Waals surface area contributed by atoms with Crippen LogP contribution >= 0.6 is 6.72 Å². The lowest BCUT2D eigenvalue weighted by Gasteiger charge is -2.42. The van der Waals surface area contributed by atoms with Crippen LogP contribution < -0.4 is 37.2 Å². The van der Waals surface area contributed by atoms with Crippen molar-refractivity contribution in [2.75, 3.05) is 224 Å². The van der Waals surface area contributed by atoms with Gasteiger partial charge < -0.3 is 183 Å². The first-order valence-corrected chi connectivity index (χ1v) is 43.5. The molecule has 122 heavy (non-hydrogen) atoms. The summed E-state index contributed by atoms with van der Waals surface area (Å²) >= 11 is 4.49. The molecule has 1 aromatic rings. The number of aromatic nitrogens is 3. The van der Waals surface area contributed by atoms with Crippen LogP contribution in [0.2, 0.25) is 0 Å². The standard InChI is InChI=1S/C73H133N10O37PS/c1-50(87)77-61-67(97)64(94)54(44-84)118-70(61)114-40-37-108-34-31-105-28-25-102-22-14-74-57(90)11-19-111-47-73(80-60(93)10-5-4-7-17-83-43-53(81-82-83)9-6-8-18-117-121(100,101)122,48-112-20-12-58(91)75-15-23-103-26-29-106-32-35-109-38-41-115-71-62(78-51(2)88)68(98)65(95)55(45-85)119-71)49-113-21-13-59(92)76-16-24-104-27-30-107-33-36-110-39-42-116-72-63(79-52(3)89)69(99)66(96)56(46-86)120-72/h43,54-56,61-72,84-86,94-99H,4-42,44-49H2,1-3H3,(H,74,90)(H,75,91)(H,76,92)(H,77,87)(H,78,88)(H,79,89)(H,80,93)(H2,100,101,122). The Kier molecular flexibility index (Phi) is 58.6. The van der Waals surface area contributed by atoms with Crippen LogP contribution in [0.25, 0.3) is 0 Å². The van der Waals surface area contributed by atoms with Crippen molar-refractivity contribution in [2.24, 2.45) is 0 Å². The van der Waals surface area contributed by atoms with Crippen molar-refractivity contribution >= 4 is 59.9 Å². The lowest BCUT2D eigenvalue weighted by Crippen LogP contribution is -2.64. The molecule has 708 valence electrons. The number of amides is 7. The predicted molar refractivity (Wildman–Crippen MR) is 424 cm³/mol. The van der Waals surface area contributed by atoms with Gasteiger partial charge in [-0.2, -0.15) is 0 Å². The van der Waals surface area contributed by atoms with E-state index in [9.17, 15) is 89.3 Å². The molecule has 15 unspecified atom stereocenters. The molecule has 47 nitrogen and oxygen atoms in total. The van der Waals surface area contributed by atoms with Crippen LogP contribution in [-0.2, 0) is 148 Å². The van der Waals surface area contributed by atoms with Crippen LogP contribution in [0.4, 0.5) is 0 Å². The Morgan fingerprint density at radius 1 is 0.410 bits per heavy atom. The van der Waals surface area contributed by atoms with E-state index in [0.29, 0.717) is 45.1 Å². The number of nitrogens with zero attached hydrogens (tertiary/aromatic N) is 3. The molecule has 0 bridgehead atoms. The largest absolute Gasteiger partial charge is 0.394 e. The molecule has 3 fully saturated rings. The maximum absolute atomic E-state index is 14.0. The maximum atomic E-state index is 14.0. The minimum absolute atomic E-state index is 0.00751. The van der Waals surface area contributed by atoms with Crippen LogP contribution in [-0.4, -0.2) is 434 Å². The number of aliphatic hydroxyl groups is 9. The quantitative estimate of drug-likeness (QED) is 0.0213. The van der Waals surface area contributed by atoms with Gasteiger partial charge in [-0.15, -0.1) is 5.10 Å². The van der Waals surface area contributed by atoms with E-state index in [2.05, 4.69) is 59.3 Å². The Morgan fingerprint density at radius 2 is 0.738 bits per heavy atom. The number of aliphatic hydroxyl groups excluding tert-OH is 9. The van der Waals surface area contributed by atoms with Crippen molar-refractivity contribution in [3.05, 3.63) is 11.9 Å². The molecule has 0 spiro atoms. The third kappa shape index (κ3) is 48.2. The average molecular weight is 1810 g/mol. The van der Waals surface area contributed by atoms with E-state index < -0.39 is 148 Å². The van der Waals surface area contributed by atoms with Crippen molar-refractivity contribution in [3.63, 3.8) is 0 Å². The molecule has 7 amide bonds. The third-order valence-corrected chi connectivity index (χ3v) is 19.0. The van der Waals surface area contributed by atoms with Gasteiger partial charge in [-0.1, -0.05) is 11.6 Å². The van der Waals surface area contributed by atoms with Gasteiger partial charge >= 0.3 is 6.72 Å². The van der Waals surface area contributed by atoms with Crippen LogP contribution in [0.3, 0.4) is 0 Å². The van der Waals surface area contributed by atoms with Gasteiger partial charge in [0.2, 0.25) is 41.4 Å². The second kappa shape index (κ2) is 65.4. The van der Waals surface area contributed by atoms with Crippen LogP contribution in [0.5, 0.6) is 0 Å². The lowest BCUT2D eigenvalue weighted by molar-refractivity contribution is -0.272. The summed E-state index contributed by atoms with van der Waals surface area (Å²) in [5.41, 5.74) is -0.685. The molecule has 0 aromatic carbocycles. The van der Waals surface area contributed by atoms with Gasteiger partial charge in [-0.25, -0.2) is 0 Å². The molecule has 4 heterocycles. The monoisotopic (exact) mass is 1800 g/mol. The summed E-state index contributed by atoms with van der Waals surface area (Å²) in [6.07, 6.45) is -10.5. The van der Waals surface area contributed by atoms with E-state index in [1.165, 1.54) is 20.8 Å². The smallest absolute Gasteiger partial charge is 0.321 e. The van der Waals surface area contributed by atoms with Gasteiger partial charge in [0, 0.05) is 78.8 Å². The van der Waals surface area contributed by atoms with E-state index in [4.69, 9.17) is 89.8 Å². The SMILES string of the molecule is CC(=O)NC1C(OCCOCCOCCOCCNC(=O)CCOCC(COCCC(=O)NCCOCCOCCOCCOC2OC(CO)C(O)C(O)C2NC(C)=O)(COCCC(=O)NCCOCCOCCOCCOC2OC(CO)C(O)C(O)C2NC(C)=O)NC(=O)CCCCCn2cc(CCCCOP(O)(O)=S)nn2)OC(CO)C(O)C1O. The zero-order valence-corrected chi connectivity index (χ0v) is 71.5.